The van der Waals surface area contributed by atoms with Crippen LogP contribution in [-0.4, -0.2) is 22.7 Å². The van der Waals surface area contributed by atoms with Gasteiger partial charge in [0.25, 0.3) is 0 Å². The predicted molar refractivity (Wildman–Crippen MR) is 84.3 cm³/mol. The molecule has 1 aliphatic rings. The molecule has 0 aliphatic carbocycles. The first-order valence-corrected chi connectivity index (χ1v) is 7.69. The summed E-state index contributed by atoms with van der Waals surface area (Å²) in [5.74, 6) is 0.687. The quantitative estimate of drug-likeness (QED) is 0.939. The maximum atomic E-state index is 6.23. The average Bonchev–Trinajstić information content (AvgIpc) is 2.96. The molecule has 2 unspecified atom stereocenters. The Morgan fingerprint density at radius 2 is 2.24 bits per heavy atom. The Labute approximate surface area is 130 Å². The summed E-state index contributed by atoms with van der Waals surface area (Å²) in [5.41, 5.74) is 2.19. The Balaban J connectivity index is 1.93. The molecule has 0 spiro atoms. The Morgan fingerprint density at radius 3 is 2.95 bits per heavy atom. The van der Waals surface area contributed by atoms with Crippen LogP contribution in [0.25, 0.3) is 5.69 Å². The second-order valence-corrected chi connectivity index (χ2v) is 5.97. The number of ether oxygens (including phenoxy) is 1. The van der Waals surface area contributed by atoms with Crippen LogP contribution in [0, 0.1) is 0 Å². The summed E-state index contributed by atoms with van der Waals surface area (Å²) >= 11 is 6.23. The van der Waals surface area contributed by atoms with E-state index < -0.39 is 0 Å². The lowest BCUT2D eigenvalue weighted by molar-refractivity contribution is 0.334. The average molecular weight is 306 g/mol. The molecule has 1 N–H and O–H groups in total. The molecule has 1 saturated heterocycles. The highest BCUT2D eigenvalue weighted by Crippen LogP contribution is 2.30. The van der Waals surface area contributed by atoms with E-state index in [2.05, 4.69) is 21.8 Å². The number of imidazole rings is 1. The molecule has 1 fully saturated rings. The molecule has 21 heavy (non-hydrogen) atoms. The van der Waals surface area contributed by atoms with Gasteiger partial charge in [0.1, 0.15) is 5.75 Å². The maximum Gasteiger partial charge on any atom is 0.137 e. The van der Waals surface area contributed by atoms with Gasteiger partial charge in [0, 0.05) is 17.8 Å². The third kappa shape index (κ3) is 2.92. The van der Waals surface area contributed by atoms with Gasteiger partial charge in [-0.15, -0.1) is 0 Å². The zero-order valence-corrected chi connectivity index (χ0v) is 13.1. The molecule has 1 aromatic carbocycles. The lowest BCUT2D eigenvalue weighted by Gasteiger charge is -2.29. The van der Waals surface area contributed by atoms with Crippen molar-refractivity contribution in [1.82, 2.24) is 14.9 Å². The van der Waals surface area contributed by atoms with E-state index in [1.54, 1.807) is 7.11 Å². The van der Waals surface area contributed by atoms with Crippen LogP contribution >= 0.6 is 11.6 Å². The number of piperidine rings is 1. The molecule has 0 bridgehead atoms. The highest BCUT2D eigenvalue weighted by molar-refractivity contribution is 6.32. The van der Waals surface area contributed by atoms with E-state index in [9.17, 15) is 0 Å². The number of nitrogens with zero attached hydrogens (tertiary/aromatic N) is 2. The van der Waals surface area contributed by atoms with E-state index in [1.807, 2.05) is 30.7 Å². The fraction of sp³-hybridized carbons (Fsp3) is 0.438. The minimum absolute atomic E-state index is 0.345. The number of halogens is 1. The highest BCUT2D eigenvalue weighted by atomic mass is 35.5. The van der Waals surface area contributed by atoms with E-state index in [1.165, 1.54) is 18.5 Å². The largest absolute Gasteiger partial charge is 0.495 e. The number of benzene rings is 1. The summed E-state index contributed by atoms with van der Waals surface area (Å²) in [6, 6.07) is 6.70. The minimum atomic E-state index is 0.345. The fourth-order valence-electron chi connectivity index (χ4n) is 2.96. The zero-order chi connectivity index (χ0) is 14.8. The Kier molecular flexibility index (Phi) is 4.17. The molecule has 1 aromatic heterocycles. The van der Waals surface area contributed by atoms with Gasteiger partial charge in [0.2, 0.25) is 0 Å². The van der Waals surface area contributed by atoms with Crippen molar-refractivity contribution < 1.29 is 4.74 Å². The Hall–Kier alpha value is -1.52. The van der Waals surface area contributed by atoms with Crippen molar-refractivity contribution in [1.29, 1.82) is 0 Å². The number of hydrogen-bond donors (Lipinski definition) is 1. The molecule has 0 amide bonds. The summed E-state index contributed by atoms with van der Waals surface area (Å²) in [5, 5.41) is 4.26. The van der Waals surface area contributed by atoms with Crippen LogP contribution in [0.2, 0.25) is 5.02 Å². The van der Waals surface area contributed by atoms with Gasteiger partial charge in [-0.3, -0.25) is 0 Å². The third-order valence-corrected chi connectivity index (χ3v) is 4.35. The maximum absolute atomic E-state index is 6.23. The lowest BCUT2D eigenvalue weighted by Crippen LogP contribution is -2.35. The first kappa shape index (κ1) is 14.4. The molecular formula is C16H20ClN3O. The van der Waals surface area contributed by atoms with Gasteiger partial charge in [0.05, 0.1) is 30.4 Å². The highest BCUT2D eigenvalue weighted by Gasteiger charge is 2.22. The van der Waals surface area contributed by atoms with Crippen molar-refractivity contribution >= 4 is 11.6 Å². The number of methoxy groups -OCH3 is 1. The van der Waals surface area contributed by atoms with Crippen LogP contribution in [0.3, 0.4) is 0 Å². The first-order chi connectivity index (χ1) is 10.2. The van der Waals surface area contributed by atoms with Crippen molar-refractivity contribution in [2.75, 3.05) is 7.11 Å². The molecule has 2 heterocycles. The summed E-state index contributed by atoms with van der Waals surface area (Å²) < 4.78 is 7.31. The Bertz CT molecular complexity index is 626. The van der Waals surface area contributed by atoms with Gasteiger partial charge in [-0.05, 0) is 44.4 Å². The van der Waals surface area contributed by atoms with Gasteiger partial charge in [-0.2, -0.15) is 0 Å². The van der Waals surface area contributed by atoms with Crippen LogP contribution < -0.4 is 10.1 Å². The number of nitrogens with one attached hydrogen (secondary N) is 1. The standard InChI is InChI=1S/C16H20ClN3O/c1-11-4-3-5-14(19-11)15-9-18-10-20(15)12-6-7-16(21-2)13(17)8-12/h6-11,14,19H,3-5H2,1-2H3. The molecule has 4 nitrogen and oxygen atoms in total. The van der Waals surface area contributed by atoms with Crippen LogP contribution in [-0.2, 0) is 0 Å². The van der Waals surface area contributed by atoms with Crippen LogP contribution in [0.5, 0.6) is 5.75 Å². The second kappa shape index (κ2) is 6.08. The number of hydrogen-bond acceptors (Lipinski definition) is 3. The van der Waals surface area contributed by atoms with Gasteiger partial charge >= 0.3 is 0 Å². The molecule has 2 aromatic rings. The van der Waals surface area contributed by atoms with E-state index in [0.717, 1.165) is 12.1 Å². The normalized spacial score (nSPS) is 22.2. The van der Waals surface area contributed by atoms with E-state index in [4.69, 9.17) is 16.3 Å². The third-order valence-electron chi connectivity index (χ3n) is 4.05. The van der Waals surface area contributed by atoms with Crippen molar-refractivity contribution in [2.24, 2.45) is 0 Å². The van der Waals surface area contributed by atoms with E-state index in [0.29, 0.717) is 22.9 Å². The molecular weight excluding hydrogens is 286 g/mol. The number of rotatable bonds is 3. The van der Waals surface area contributed by atoms with Crippen molar-refractivity contribution in [3.63, 3.8) is 0 Å². The molecule has 0 saturated carbocycles. The minimum Gasteiger partial charge on any atom is -0.495 e. The topological polar surface area (TPSA) is 39.1 Å². The Morgan fingerprint density at radius 1 is 1.38 bits per heavy atom. The summed E-state index contributed by atoms with van der Waals surface area (Å²) in [6.07, 6.45) is 7.40. The van der Waals surface area contributed by atoms with Gasteiger partial charge in [-0.1, -0.05) is 11.6 Å². The lowest BCUT2D eigenvalue weighted by atomic mass is 9.97. The summed E-state index contributed by atoms with van der Waals surface area (Å²) in [7, 11) is 1.62. The van der Waals surface area contributed by atoms with Crippen molar-refractivity contribution in [2.45, 2.75) is 38.3 Å². The van der Waals surface area contributed by atoms with Crippen LogP contribution in [0.15, 0.2) is 30.7 Å². The van der Waals surface area contributed by atoms with Crippen LogP contribution in [0.4, 0.5) is 0 Å². The fourth-order valence-corrected chi connectivity index (χ4v) is 3.21. The summed E-state index contributed by atoms with van der Waals surface area (Å²) in [6.45, 7) is 2.23. The van der Waals surface area contributed by atoms with Crippen LogP contribution in [0.1, 0.15) is 37.9 Å². The van der Waals surface area contributed by atoms with E-state index in [-0.39, 0.29) is 0 Å². The predicted octanol–water partition coefficient (Wildman–Crippen LogP) is 3.74. The number of aromatic nitrogens is 2. The molecule has 1 aliphatic heterocycles. The molecule has 5 heteroatoms. The van der Waals surface area contributed by atoms with Gasteiger partial charge < -0.3 is 14.6 Å². The SMILES string of the molecule is COc1ccc(-n2cncc2C2CCCC(C)N2)cc1Cl. The molecule has 3 rings (SSSR count). The molecule has 2 atom stereocenters. The smallest absolute Gasteiger partial charge is 0.137 e. The van der Waals surface area contributed by atoms with Crippen molar-refractivity contribution in [3.05, 3.63) is 41.4 Å². The van der Waals surface area contributed by atoms with Gasteiger partial charge in [-0.25, -0.2) is 4.98 Å². The van der Waals surface area contributed by atoms with Crippen molar-refractivity contribution in [3.8, 4) is 11.4 Å². The zero-order valence-electron chi connectivity index (χ0n) is 12.3. The first-order valence-electron chi connectivity index (χ1n) is 7.31. The monoisotopic (exact) mass is 305 g/mol. The van der Waals surface area contributed by atoms with E-state index >= 15 is 0 Å². The molecule has 112 valence electrons. The summed E-state index contributed by atoms with van der Waals surface area (Å²) in [4.78, 5) is 4.32. The van der Waals surface area contributed by atoms with Gasteiger partial charge in [0.15, 0.2) is 0 Å². The molecule has 0 radical (unpaired) electrons. The second-order valence-electron chi connectivity index (χ2n) is 5.56.